The SMILES string of the molecule is CCCNCCNS(=O)(=O)c1cc(C)c(Br)cc1C.Cl. The first-order chi connectivity index (χ1) is 8.88. The van der Waals surface area contributed by atoms with E-state index in [2.05, 4.69) is 32.9 Å². The van der Waals surface area contributed by atoms with Crippen molar-refractivity contribution < 1.29 is 8.42 Å². The third-order valence-corrected chi connectivity index (χ3v) is 5.22. The van der Waals surface area contributed by atoms with Gasteiger partial charge in [-0.1, -0.05) is 22.9 Å². The van der Waals surface area contributed by atoms with Crippen LogP contribution in [0.15, 0.2) is 21.5 Å². The van der Waals surface area contributed by atoms with E-state index in [9.17, 15) is 8.42 Å². The van der Waals surface area contributed by atoms with Crippen LogP contribution in [-0.2, 0) is 10.0 Å². The second kappa shape index (κ2) is 9.00. The van der Waals surface area contributed by atoms with Crippen LogP contribution in [0, 0.1) is 13.8 Å². The maximum Gasteiger partial charge on any atom is 0.240 e. The van der Waals surface area contributed by atoms with Crippen molar-refractivity contribution in [3.63, 3.8) is 0 Å². The number of nitrogens with one attached hydrogen (secondary N) is 2. The molecule has 0 heterocycles. The molecule has 0 fully saturated rings. The Balaban J connectivity index is 0.00000361. The molecule has 1 rings (SSSR count). The van der Waals surface area contributed by atoms with Crippen molar-refractivity contribution >= 4 is 38.4 Å². The van der Waals surface area contributed by atoms with Crippen LogP contribution in [0.1, 0.15) is 24.5 Å². The molecule has 0 amide bonds. The summed E-state index contributed by atoms with van der Waals surface area (Å²) in [6.07, 6.45) is 1.04. The molecule has 116 valence electrons. The highest BCUT2D eigenvalue weighted by molar-refractivity contribution is 9.10. The second-order valence-electron chi connectivity index (χ2n) is 4.51. The van der Waals surface area contributed by atoms with E-state index in [0.717, 1.165) is 28.6 Å². The molecule has 0 bridgehead atoms. The fourth-order valence-electron chi connectivity index (χ4n) is 1.70. The predicted molar refractivity (Wildman–Crippen MR) is 89.2 cm³/mol. The smallest absolute Gasteiger partial charge is 0.240 e. The maximum absolute atomic E-state index is 12.2. The standard InChI is InChI=1S/C13H21BrN2O2S.ClH/c1-4-5-15-6-7-16-19(17,18)13-9-10(2)12(14)8-11(13)3;/h8-9,15-16H,4-7H2,1-3H3;1H. The number of halogens is 2. The average molecular weight is 386 g/mol. The molecule has 0 aliphatic rings. The summed E-state index contributed by atoms with van der Waals surface area (Å²) in [6.45, 7) is 7.70. The number of hydrogen-bond donors (Lipinski definition) is 2. The van der Waals surface area contributed by atoms with E-state index >= 15 is 0 Å². The molecule has 0 aliphatic heterocycles. The molecule has 2 N–H and O–H groups in total. The topological polar surface area (TPSA) is 58.2 Å². The van der Waals surface area contributed by atoms with Gasteiger partial charge in [-0.05, 0) is 50.1 Å². The Labute approximate surface area is 136 Å². The third kappa shape index (κ3) is 5.69. The van der Waals surface area contributed by atoms with Crippen LogP contribution in [0.3, 0.4) is 0 Å². The van der Waals surface area contributed by atoms with Crippen LogP contribution in [0.2, 0.25) is 0 Å². The molecule has 7 heteroatoms. The van der Waals surface area contributed by atoms with Crippen LogP contribution in [-0.4, -0.2) is 28.1 Å². The fourth-order valence-corrected chi connectivity index (χ4v) is 3.50. The summed E-state index contributed by atoms with van der Waals surface area (Å²) in [7, 11) is -3.43. The Morgan fingerprint density at radius 3 is 2.35 bits per heavy atom. The summed E-state index contributed by atoms with van der Waals surface area (Å²) in [4.78, 5) is 0.351. The molecule has 0 saturated carbocycles. The van der Waals surface area contributed by atoms with E-state index in [0.29, 0.717) is 18.0 Å². The van der Waals surface area contributed by atoms with Crippen LogP contribution in [0.5, 0.6) is 0 Å². The van der Waals surface area contributed by atoms with Crippen molar-refractivity contribution in [3.05, 3.63) is 27.7 Å². The quantitative estimate of drug-likeness (QED) is 0.710. The van der Waals surface area contributed by atoms with E-state index in [-0.39, 0.29) is 12.4 Å². The van der Waals surface area contributed by atoms with Gasteiger partial charge in [-0.15, -0.1) is 12.4 Å². The van der Waals surface area contributed by atoms with Gasteiger partial charge in [-0.2, -0.15) is 0 Å². The fraction of sp³-hybridized carbons (Fsp3) is 0.538. The lowest BCUT2D eigenvalue weighted by atomic mass is 10.2. The van der Waals surface area contributed by atoms with Gasteiger partial charge in [0.15, 0.2) is 0 Å². The van der Waals surface area contributed by atoms with Gasteiger partial charge in [0.2, 0.25) is 10.0 Å². The highest BCUT2D eigenvalue weighted by Gasteiger charge is 2.17. The molecule has 1 aromatic carbocycles. The number of aryl methyl sites for hydroxylation is 2. The molecule has 0 spiro atoms. The Bertz CT molecular complexity index is 535. The van der Waals surface area contributed by atoms with E-state index in [1.54, 1.807) is 13.0 Å². The Morgan fingerprint density at radius 1 is 1.10 bits per heavy atom. The van der Waals surface area contributed by atoms with Crippen molar-refractivity contribution in [2.24, 2.45) is 0 Å². The molecule has 0 aliphatic carbocycles. The van der Waals surface area contributed by atoms with Gasteiger partial charge in [0.1, 0.15) is 0 Å². The van der Waals surface area contributed by atoms with Crippen molar-refractivity contribution in [3.8, 4) is 0 Å². The van der Waals surface area contributed by atoms with E-state index in [1.807, 2.05) is 13.0 Å². The zero-order valence-corrected chi connectivity index (χ0v) is 15.2. The number of hydrogen-bond acceptors (Lipinski definition) is 3. The first-order valence-corrected chi connectivity index (χ1v) is 8.63. The minimum absolute atomic E-state index is 0. The van der Waals surface area contributed by atoms with Gasteiger partial charge in [0, 0.05) is 17.6 Å². The number of benzene rings is 1. The molecule has 20 heavy (non-hydrogen) atoms. The van der Waals surface area contributed by atoms with Gasteiger partial charge in [-0.3, -0.25) is 0 Å². The van der Waals surface area contributed by atoms with E-state index in [1.165, 1.54) is 0 Å². The van der Waals surface area contributed by atoms with Gasteiger partial charge >= 0.3 is 0 Å². The van der Waals surface area contributed by atoms with Crippen LogP contribution in [0.25, 0.3) is 0 Å². The average Bonchev–Trinajstić information content (AvgIpc) is 2.33. The molecular weight excluding hydrogens is 364 g/mol. The largest absolute Gasteiger partial charge is 0.315 e. The van der Waals surface area contributed by atoms with E-state index in [4.69, 9.17) is 0 Å². The second-order valence-corrected chi connectivity index (χ2v) is 7.10. The predicted octanol–water partition coefficient (Wildman–Crippen LogP) is 2.77. The van der Waals surface area contributed by atoms with Crippen molar-refractivity contribution in [1.29, 1.82) is 0 Å². The minimum atomic E-state index is -3.43. The van der Waals surface area contributed by atoms with Gasteiger partial charge in [0.05, 0.1) is 4.90 Å². The zero-order chi connectivity index (χ0) is 14.5. The summed E-state index contributed by atoms with van der Waals surface area (Å²) in [5, 5.41) is 3.16. The summed E-state index contributed by atoms with van der Waals surface area (Å²) in [6, 6.07) is 3.53. The highest BCUT2D eigenvalue weighted by atomic mass is 79.9. The van der Waals surface area contributed by atoms with Crippen molar-refractivity contribution in [1.82, 2.24) is 10.0 Å². The zero-order valence-electron chi connectivity index (χ0n) is 12.0. The summed E-state index contributed by atoms with van der Waals surface area (Å²) in [5.41, 5.74) is 1.65. The molecule has 0 radical (unpaired) electrons. The summed E-state index contributed by atoms with van der Waals surface area (Å²) >= 11 is 3.40. The number of rotatable bonds is 7. The minimum Gasteiger partial charge on any atom is -0.315 e. The van der Waals surface area contributed by atoms with Gasteiger partial charge in [0.25, 0.3) is 0 Å². The lowest BCUT2D eigenvalue weighted by Gasteiger charge is -2.11. The Kier molecular flexibility index (Phi) is 8.93. The van der Waals surface area contributed by atoms with Crippen molar-refractivity contribution in [2.45, 2.75) is 32.1 Å². The van der Waals surface area contributed by atoms with E-state index < -0.39 is 10.0 Å². The molecule has 0 saturated heterocycles. The molecule has 0 unspecified atom stereocenters. The first-order valence-electron chi connectivity index (χ1n) is 6.35. The molecule has 4 nitrogen and oxygen atoms in total. The van der Waals surface area contributed by atoms with Crippen LogP contribution >= 0.6 is 28.3 Å². The normalized spacial score (nSPS) is 11.2. The number of sulfonamides is 1. The summed E-state index contributed by atoms with van der Waals surface area (Å²) < 4.78 is 27.9. The maximum atomic E-state index is 12.2. The van der Waals surface area contributed by atoms with Crippen LogP contribution in [0.4, 0.5) is 0 Å². The molecule has 0 atom stereocenters. The van der Waals surface area contributed by atoms with Crippen LogP contribution < -0.4 is 10.0 Å². The molecule has 0 aromatic heterocycles. The van der Waals surface area contributed by atoms with Crippen molar-refractivity contribution in [2.75, 3.05) is 19.6 Å². The van der Waals surface area contributed by atoms with Gasteiger partial charge < -0.3 is 5.32 Å². The Morgan fingerprint density at radius 2 is 1.75 bits per heavy atom. The summed E-state index contributed by atoms with van der Waals surface area (Å²) in [5.74, 6) is 0. The third-order valence-electron chi connectivity index (χ3n) is 2.77. The molecular formula is C13H22BrClN2O2S. The molecule has 1 aromatic rings. The Hall–Kier alpha value is -0.140. The first kappa shape index (κ1) is 19.9. The lowest BCUT2D eigenvalue weighted by molar-refractivity contribution is 0.575. The highest BCUT2D eigenvalue weighted by Crippen LogP contribution is 2.23. The lowest BCUT2D eigenvalue weighted by Crippen LogP contribution is -2.32. The van der Waals surface area contributed by atoms with Gasteiger partial charge in [-0.25, -0.2) is 13.1 Å². The monoisotopic (exact) mass is 384 g/mol.